The van der Waals surface area contributed by atoms with Crippen LogP contribution in [0.1, 0.15) is 29.5 Å². The van der Waals surface area contributed by atoms with Gasteiger partial charge in [0.15, 0.2) is 6.61 Å². The Bertz CT molecular complexity index is 999. The molecule has 0 spiro atoms. The van der Waals surface area contributed by atoms with E-state index in [4.69, 9.17) is 4.74 Å². The Balaban J connectivity index is 1.72. The molecule has 0 saturated heterocycles. The fourth-order valence-corrected chi connectivity index (χ4v) is 4.92. The number of carbonyl (C=O) groups excluding carboxylic acids is 1. The molecule has 2 aromatic rings. The second kappa shape index (κ2) is 6.32. The monoisotopic (exact) mass is 372 g/mol. The lowest BCUT2D eigenvalue weighted by Gasteiger charge is -2.22. The minimum atomic E-state index is -3.79. The Kier molecular flexibility index (Phi) is 4.11. The molecule has 26 heavy (non-hydrogen) atoms. The third-order valence-corrected chi connectivity index (χ3v) is 6.35. The number of aryl methyl sites for hydroxylation is 2. The minimum absolute atomic E-state index is 0.0626. The lowest BCUT2D eigenvalue weighted by molar-refractivity contribution is -0.118. The van der Waals surface area contributed by atoms with Crippen LogP contribution >= 0.6 is 0 Å². The number of rotatable bonds is 3. The number of carbonyl (C=O) groups is 1. The molecule has 0 saturated carbocycles. The molecule has 2 N–H and O–H groups in total. The SMILES string of the molecule is Cc1cc2c(cc1S(=O)(=O)Nc1cccc3c1CCCC3)NC(=O)CO2. The summed E-state index contributed by atoms with van der Waals surface area (Å²) < 4.78 is 34.1. The molecular formula is C19H20N2O4S. The highest BCUT2D eigenvalue weighted by Crippen LogP contribution is 2.35. The molecule has 1 heterocycles. The van der Waals surface area contributed by atoms with Crippen LogP contribution in [0.4, 0.5) is 11.4 Å². The van der Waals surface area contributed by atoms with Crippen LogP contribution in [-0.2, 0) is 27.7 Å². The van der Waals surface area contributed by atoms with E-state index in [1.54, 1.807) is 19.1 Å². The molecule has 4 rings (SSSR count). The molecule has 0 unspecified atom stereocenters. The Labute approximate surface area is 152 Å². The van der Waals surface area contributed by atoms with Crippen molar-refractivity contribution in [2.45, 2.75) is 37.5 Å². The maximum Gasteiger partial charge on any atom is 0.262 e. The third kappa shape index (κ3) is 3.03. The predicted molar refractivity (Wildman–Crippen MR) is 99.2 cm³/mol. The van der Waals surface area contributed by atoms with E-state index >= 15 is 0 Å². The number of amides is 1. The molecule has 1 amide bonds. The molecule has 1 aliphatic carbocycles. The normalized spacial score (nSPS) is 16.1. The van der Waals surface area contributed by atoms with E-state index in [-0.39, 0.29) is 17.4 Å². The van der Waals surface area contributed by atoms with Crippen molar-refractivity contribution in [1.29, 1.82) is 0 Å². The van der Waals surface area contributed by atoms with Gasteiger partial charge in [0.25, 0.3) is 15.9 Å². The highest BCUT2D eigenvalue weighted by Gasteiger charge is 2.25. The van der Waals surface area contributed by atoms with Crippen molar-refractivity contribution in [3.8, 4) is 5.75 Å². The zero-order chi connectivity index (χ0) is 18.3. The average Bonchev–Trinajstić information content (AvgIpc) is 2.61. The molecule has 136 valence electrons. The zero-order valence-corrected chi connectivity index (χ0v) is 15.3. The zero-order valence-electron chi connectivity index (χ0n) is 14.5. The summed E-state index contributed by atoms with van der Waals surface area (Å²) in [7, 11) is -3.79. The molecule has 2 aliphatic rings. The van der Waals surface area contributed by atoms with Gasteiger partial charge >= 0.3 is 0 Å². The van der Waals surface area contributed by atoms with Crippen molar-refractivity contribution in [3.63, 3.8) is 0 Å². The second-order valence-electron chi connectivity index (χ2n) is 6.71. The van der Waals surface area contributed by atoms with Gasteiger partial charge in [0.1, 0.15) is 5.75 Å². The summed E-state index contributed by atoms with van der Waals surface area (Å²) in [5.41, 5.74) is 3.87. The van der Waals surface area contributed by atoms with Crippen LogP contribution in [0, 0.1) is 6.92 Å². The van der Waals surface area contributed by atoms with Crippen LogP contribution in [0.25, 0.3) is 0 Å². The molecule has 0 aromatic heterocycles. The van der Waals surface area contributed by atoms with Crippen molar-refractivity contribution in [2.24, 2.45) is 0 Å². The van der Waals surface area contributed by atoms with Gasteiger partial charge in [0, 0.05) is 0 Å². The van der Waals surface area contributed by atoms with Crippen molar-refractivity contribution in [1.82, 2.24) is 0 Å². The van der Waals surface area contributed by atoms with E-state index in [0.717, 1.165) is 31.2 Å². The Hall–Kier alpha value is -2.54. The van der Waals surface area contributed by atoms with Crippen molar-refractivity contribution >= 4 is 27.3 Å². The maximum absolute atomic E-state index is 13.0. The van der Waals surface area contributed by atoms with Gasteiger partial charge in [-0.2, -0.15) is 0 Å². The summed E-state index contributed by atoms with van der Waals surface area (Å²) in [6, 6.07) is 8.85. The summed E-state index contributed by atoms with van der Waals surface area (Å²) in [6.07, 6.45) is 4.05. The first-order chi connectivity index (χ1) is 12.4. The van der Waals surface area contributed by atoms with Gasteiger partial charge in [-0.15, -0.1) is 0 Å². The largest absolute Gasteiger partial charge is 0.482 e. The third-order valence-electron chi connectivity index (χ3n) is 4.84. The number of nitrogens with one attached hydrogen (secondary N) is 2. The summed E-state index contributed by atoms with van der Waals surface area (Å²) in [5, 5.41) is 2.66. The van der Waals surface area contributed by atoms with Crippen LogP contribution in [0.3, 0.4) is 0 Å². The fraction of sp³-hybridized carbons (Fsp3) is 0.316. The van der Waals surface area contributed by atoms with Crippen molar-refractivity contribution in [2.75, 3.05) is 16.6 Å². The number of ether oxygens (including phenoxy) is 1. The van der Waals surface area contributed by atoms with Crippen LogP contribution in [0.15, 0.2) is 35.2 Å². The second-order valence-corrected chi connectivity index (χ2v) is 8.36. The molecule has 0 fully saturated rings. The smallest absolute Gasteiger partial charge is 0.262 e. The number of anilines is 2. The highest BCUT2D eigenvalue weighted by atomic mass is 32.2. The summed E-state index contributed by atoms with van der Waals surface area (Å²) >= 11 is 0. The summed E-state index contributed by atoms with van der Waals surface area (Å²) in [6.45, 7) is 1.65. The first kappa shape index (κ1) is 16.9. The van der Waals surface area contributed by atoms with E-state index in [9.17, 15) is 13.2 Å². The highest BCUT2D eigenvalue weighted by molar-refractivity contribution is 7.92. The van der Waals surface area contributed by atoms with Gasteiger partial charge in [-0.05, 0) is 67.5 Å². The molecule has 0 atom stereocenters. The van der Waals surface area contributed by atoms with Crippen molar-refractivity contribution in [3.05, 3.63) is 47.0 Å². The molecule has 1 aliphatic heterocycles. The first-order valence-electron chi connectivity index (χ1n) is 8.65. The quantitative estimate of drug-likeness (QED) is 0.867. The fourth-order valence-electron chi connectivity index (χ4n) is 3.57. The Morgan fingerprint density at radius 1 is 1.15 bits per heavy atom. The van der Waals surface area contributed by atoms with Crippen LogP contribution in [0.5, 0.6) is 5.75 Å². The van der Waals surface area contributed by atoms with Gasteiger partial charge < -0.3 is 10.1 Å². The lowest BCUT2D eigenvalue weighted by atomic mass is 9.91. The van der Waals surface area contributed by atoms with Gasteiger partial charge in [0.2, 0.25) is 0 Å². The molecule has 6 nitrogen and oxygen atoms in total. The van der Waals surface area contributed by atoms with Crippen LogP contribution in [0.2, 0.25) is 0 Å². The molecule has 0 bridgehead atoms. The van der Waals surface area contributed by atoms with Gasteiger partial charge in [-0.1, -0.05) is 12.1 Å². The number of benzene rings is 2. The first-order valence-corrected chi connectivity index (χ1v) is 10.1. The molecule has 7 heteroatoms. The van der Waals surface area contributed by atoms with E-state index in [2.05, 4.69) is 16.1 Å². The van der Waals surface area contributed by atoms with Crippen LogP contribution in [-0.4, -0.2) is 20.9 Å². The number of hydrogen-bond acceptors (Lipinski definition) is 4. The molecule has 2 aromatic carbocycles. The number of sulfonamides is 1. The minimum Gasteiger partial charge on any atom is -0.482 e. The number of fused-ring (bicyclic) bond motifs is 2. The van der Waals surface area contributed by atoms with Crippen LogP contribution < -0.4 is 14.8 Å². The summed E-state index contributed by atoms with van der Waals surface area (Å²) in [4.78, 5) is 11.7. The van der Waals surface area contributed by atoms with E-state index in [1.165, 1.54) is 11.6 Å². The maximum atomic E-state index is 13.0. The molecule has 0 radical (unpaired) electrons. The topological polar surface area (TPSA) is 84.5 Å². The molecular weight excluding hydrogens is 352 g/mol. The van der Waals surface area contributed by atoms with Gasteiger partial charge in [-0.3, -0.25) is 9.52 Å². The Morgan fingerprint density at radius 3 is 2.81 bits per heavy atom. The lowest BCUT2D eigenvalue weighted by Crippen LogP contribution is -2.26. The average molecular weight is 372 g/mol. The van der Waals surface area contributed by atoms with Crippen molar-refractivity contribution < 1.29 is 17.9 Å². The Morgan fingerprint density at radius 2 is 1.96 bits per heavy atom. The predicted octanol–water partition coefficient (Wildman–Crippen LogP) is 3.01. The van der Waals surface area contributed by atoms with E-state index in [0.29, 0.717) is 22.7 Å². The van der Waals surface area contributed by atoms with Gasteiger partial charge in [0.05, 0.1) is 16.3 Å². The van der Waals surface area contributed by atoms with Gasteiger partial charge in [-0.25, -0.2) is 8.42 Å². The van der Waals surface area contributed by atoms with E-state index in [1.807, 2.05) is 6.07 Å². The summed E-state index contributed by atoms with van der Waals surface area (Å²) in [5.74, 6) is 0.188. The number of hydrogen-bond donors (Lipinski definition) is 2. The standard InChI is InChI=1S/C19H20N2O4S/c1-12-9-17-16(20-19(22)11-25-17)10-18(12)26(23,24)21-15-8-4-6-13-5-2-3-7-14(13)15/h4,6,8-10,21H,2-3,5,7,11H2,1H3,(H,20,22). The van der Waals surface area contributed by atoms with E-state index < -0.39 is 10.0 Å².